The Morgan fingerprint density at radius 3 is 1.33 bits per heavy atom. The molecule has 24 heteroatoms. The largest absolute Gasteiger partial charge is 1.00 e. The van der Waals surface area contributed by atoms with Crippen LogP contribution in [-0.2, 0) is 41.4 Å². The topological polar surface area (TPSA) is 375 Å². The summed E-state index contributed by atoms with van der Waals surface area (Å²) in [7, 11) is 2.69. The molecule has 426 valence electrons. The molecule has 2 heterocycles. The van der Waals surface area contributed by atoms with Crippen molar-refractivity contribution in [2.75, 3.05) is 14.2 Å². The zero-order valence-electron chi connectivity index (χ0n) is 43.8. The number of phenolic OH excluding ortho intramolecular Hbond substituents is 4. The van der Waals surface area contributed by atoms with Crippen LogP contribution >= 0.6 is 0 Å². The molecule has 22 nitrogen and oxygen atoms in total. The van der Waals surface area contributed by atoms with E-state index in [1.165, 1.54) is 57.5 Å². The van der Waals surface area contributed by atoms with E-state index < -0.39 is 165 Å². The number of aromatic hydroxyl groups is 4. The van der Waals surface area contributed by atoms with Crippen LogP contribution in [0.2, 0.25) is 0 Å². The average molecular weight is 1140 g/mol. The lowest BCUT2D eigenvalue weighted by Gasteiger charge is -2.41. The Hall–Kier alpha value is -6.12. The molecular formula is C55H62Cl2N2O20. The van der Waals surface area contributed by atoms with Crippen LogP contribution in [0.25, 0.3) is 0 Å². The predicted octanol–water partition coefficient (Wildman–Crippen LogP) is -4.98. The van der Waals surface area contributed by atoms with E-state index in [4.69, 9.17) is 28.4 Å². The molecule has 10 rings (SSSR count). The molecule has 14 N–H and O–H groups in total. The van der Waals surface area contributed by atoms with Crippen molar-refractivity contribution in [3.8, 4) is 34.5 Å². The van der Waals surface area contributed by atoms with Gasteiger partial charge in [-0.15, -0.1) is 0 Å². The molecule has 4 aliphatic carbocycles. The summed E-state index contributed by atoms with van der Waals surface area (Å²) in [5.74, 6) is -6.12. The number of aliphatic hydroxyl groups excluding tert-OH is 2. The van der Waals surface area contributed by atoms with E-state index in [0.717, 1.165) is 0 Å². The van der Waals surface area contributed by atoms with Gasteiger partial charge in [0.2, 0.25) is 11.6 Å². The summed E-state index contributed by atoms with van der Waals surface area (Å²) >= 11 is 0. The number of rotatable bonds is 9. The van der Waals surface area contributed by atoms with E-state index >= 15 is 0 Å². The second-order valence-corrected chi connectivity index (χ2v) is 20.7. The Morgan fingerprint density at radius 1 is 0.608 bits per heavy atom. The van der Waals surface area contributed by atoms with Crippen LogP contribution in [0.15, 0.2) is 36.4 Å². The number of carbonyl (C=O) groups excluding carboxylic acids is 6. The highest BCUT2D eigenvalue weighted by Gasteiger charge is 2.52. The van der Waals surface area contributed by atoms with Crippen molar-refractivity contribution in [1.29, 1.82) is 0 Å². The van der Waals surface area contributed by atoms with Crippen LogP contribution in [0, 0.1) is 0 Å². The predicted molar refractivity (Wildman–Crippen MR) is 263 cm³/mol. The molecule has 79 heavy (non-hydrogen) atoms. The first kappa shape index (κ1) is 60.5. The van der Waals surface area contributed by atoms with E-state index in [0.29, 0.717) is 0 Å². The van der Waals surface area contributed by atoms with Crippen molar-refractivity contribution in [2.45, 2.75) is 145 Å². The summed E-state index contributed by atoms with van der Waals surface area (Å²) in [6.07, 6.45) is -8.23. The first-order valence-electron chi connectivity index (χ1n) is 25.2. The van der Waals surface area contributed by atoms with Crippen LogP contribution in [0.1, 0.15) is 158 Å². The van der Waals surface area contributed by atoms with Gasteiger partial charge in [0.1, 0.15) is 70.0 Å². The smallest absolute Gasteiger partial charge is 0.202 e. The van der Waals surface area contributed by atoms with Crippen LogP contribution < -0.4 is 45.8 Å². The number of quaternary nitrogens is 2. The van der Waals surface area contributed by atoms with E-state index in [-0.39, 0.29) is 113 Å². The first-order chi connectivity index (χ1) is 36.3. The van der Waals surface area contributed by atoms with Gasteiger partial charge in [0.15, 0.2) is 35.7 Å². The molecule has 4 aromatic rings. The second-order valence-electron chi connectivity index (χ2n) is 20.7. The summed E-state index contributed by atoms with van der Waals surface area (Å²) in [6.45, 7) is 6.08. The van der Waals surface area contributed by atoms with Crippen molar-refractivity contribution in [3.05, 3.63) is 103 Å². The highest BCUT2D eigenvalue weighted by molar-refractivity contribution is 6.32. The number of ketones is 6. The lowest BCUT2D eigenvalue weighted by Crippen LogP contribution is -3.00. The normalized spacial score (nSPS) is 29.3. The molecule has 0 amide bonds. The van der Waals surface area contributed by atoms with E-state index in [2.05, 4.69) is 11.5 Å². The van der Waals surface area contributed by atoms with Crippen LogP contribution in [0.5, 0.6) is 34.5 Å². The van der Waals surface area contributed by atoms with Gasteiger partial charge in [0.25, 0.3) is 0 Å². The number of ether oxygens (including phenoxy) is 6. The Labute approximate surface area is 464 Å². The van der Waals surface area contributed by atoms with Crippen LogP contribution in [0.3, 0.4) is 0 Å². The molecule has 0 bridgehead atoms. The van der Waals surface area contributed by atoms with E-state index in [1.54, 1.807) is 20.8 Å². The van der Waals surface area contributed by atoms with Gasteiger partial charge in [-0.1, -0.05) is 31.2 Å². The average Bonchev–Trinajstić information content (AvgIpc) is 3.35. The van der Waals surface area contributed by atoms with Gasteiger partial charge in [0, 0.05) is 65.5 Å². The number of carbonyl (C=O) groups is 6. The van der Waals surface area contributed by atoms with Crippen molar-refractivity contribution < 1.29 is 134 Å². The first-order valence-corrected chi connectivity index (χ1v) is 25.2. The second kappa shape index (κ2) is 22.4. The fourth-order valence-corrected chi connectivity index (χ4v) is 11.7. The minimum Gasteiger partial charge on any atom is -1.00 e. The summed E-state index contributed by atoms with van der Waals surface area (Å²) in [5, 5.41) is 88.8. The quantitative estimate of drug-likeness (QED) is 0.0606. The zero-order valence-corrected chi connectivity index (χ0v) is 45.3. The van der Waals surface area contributed by atoms with Crippen molar-refractivity contribution in [3.63, 3.8) is 0 Å². The molecule has 0 radical (unpaired) electrons. The third kappa shape index (κ3) is 9.94. The maximum absolute atomic E-state index is 13.7. The lowest BCUT2D eigenvalue weighted by molar-refractivity contribution is -0.467. The molecule has 12 atom stereocenters. The molecule has 0 spiro atoms. The molecule has 6 aliphatic rings. The monoisotopic (exact) mass is 1140 g/mol. The molecule has 0 aromatic heterocycles. The van der Waals surface area contributed by atoms with Gasteiger partial charge in [-0.2, -0.15) is 0 Å². The summed E-state index contributed by atoms with van der Waals surface area (Å²) in [4.78, 5) is 79.7. The highest BCUT2D eigenvalue weighted by atomic mass is 35.5. The van der Waals surface area contributed by atoms with Gasteiger partial charge in [-0.3, -0.25) is 28.8 Å². The summed E-state index contributed by atoms with van der Waals surface area (Å²) in [5.41, 5.74) is 1.99. The molecule has 2 saturated heterocycles. The lowest BCUT2D eigenvalue weighted by atomic mass is 9.71. The SMILES string of the molecule is CCC(=O)[C@]1(O)Cc2c(O)c3c(c(O)c2[C@@H](OC2CC([NH3+])C(O)C(C)O2)C1)C(=O)c1c(OC)cccc1C3=O.COc1cccc2c1C(=O)c1c(O)c3c(c(O)c1C2=O)C[C@@](O)(C(C)=O)C[C@@H]3OC1CC([NH3+])C(O)C(C)O1.[Cl-].[Cl-]. The van der Waals surface area contributed by atoms with Gasteiger partial charge in [-0.25, -0.2) is 0 Å². The number of phenols is 4. The number of methoxy groups -OCH3 is 2. The minimum atomic E-state index is -1.98. The van der Waals surface area contributed by atoms with Crippen molar-refractivity contribution in [1.82, 2.24) is 0 Å². The standard InChI is InChI=1S/C28H31NO10.C27H29NO10.2ClH/c1-4-17(30)28(36)9-13-20(16(10-28)39-18-8-14(29)23(31)11(2)38-18)27(35)22-21(25(13)33)24(32)12-6-5-7-15(37-3)19(12)26(22)34;1-10-22(30)14(28)7-17(37-10)38-16-9-27(35,11(2)29)8-13-19(16)26(34)21-20(24(13)32)23(31)12-5-4-6-15(36-3)18(12)25(21)33;;/h5-7,11,14,16,18,23,31,33,35-36H,4,8-10,29H2,1-3H3;4-6,10,14,16-17,22,30,32,34-35H,7-9,28H2,1-3H3;2*1H/t11?,14?,16-,18?,23?,28-;10?,14?,16-,17?,22?,27-;;/m00../s1. The number of halogens is 2. The van der Waals surface area contributed by atoms with Gasteiger partial charge in [-0.05, 0) is 32.9 Å². The maximum Gasteiger partial charge on any atom is 0.202 e. The fourth-order valence-electron chi connectivity index (χ4n) is 11.7. The molecule has 8 unspecified atom stereocenters. The number of hydrogen-bond donors (Lipinski definition) is 10. The molecule has 0 saturated carbocycles. The molecular weight excluding hydrogens is 1080 g/mol. The molecule has 4 aromatic carbocycles. The van der Waals surface area contributed by atoms with Crippen molar-refractivity contribution >= 4 is 34.7 Å². The minimum absolute atomic E-state index is 0. The highest BCUT2D eigenvalue weighted by Crippen LogP contribution is 2.55. The number of aliphatic hydroxyl groups is 4. The van der Waals surface area contributed by atoms with Gasteiger partial charge in [0.05, 0.1) is 84.9 Å². The maximum atomic E-state index is 13.7. The Kier molecular flexibility index (Phi) is 17.2. The van der Waals surface area contributed by atoms with Crippen LogP contribution in [-0.4, -0.2) is 150 Å². The Bertz CT molecular complexity index is 3160. The summed E-state index contributed by atoms with van der Waals surface area (Å²) in [6, 6.07) is 8.04. The van der Waals surface area contributed by atoms with Crippen LogP contribution in [0.4, 0.5) is 0 Å². The number of hydrogen-bond acceptors (Lipinski definition) is 20. The Balaban J connectivity index is 0.000000223. The number of fused-ring (bicyclic) bond motifs is 6. The Morgan fingerprint density at radius 2 is 0.975 bits per heavy atom. The summed E-state index contributed by atoms with van der Waals surface area (Å²) < 4.78 is 34.4. The van der Waals surface area contributed by atoms with Gasteiger partial charge < -0.3 is 106 Å². The third-order valence-corrected chi connectivity index (χ3v) is 15.9. The molecule has 2 aliphatic heterocycles. The zero-order chi connectivity index (χ0) is 56.1. The van der Waals surface area contributed by atoms with E-state index in [9.17, 15) is 69.6 Å². The number of Topliss-reactive ketones (excluding diaryl/α,β-unsaturated/α-hetero) is 2. The fraction of sp³-hybridized carbons (Fsp3) is 0.455. The molecule has 2 fully saturated rings. The van der Waals surface area contributed by atoms with Crippen molar-refractivity contribution in [2.24, 2.45) is 0 Å². The number of benzene rings is 4. The third-order valence-electron chi connectivity index (χ3n) is 15.9. The van der Waals surface area contributed by atoms with E-state index in [1.807, 2.05) is 0 Å². The van der Waals surface area contributed by atoms with Gasteiger partial charge >= 0.3 is 0 Å².